The Morgan fingerprint density at radius 1 is 1.23 bits per heavy atom. The number of anilines is 1. The van der Waals surface area contributed by atoms with Crippen LogP contribution in [0.4, 0.5) is 5.13 Å². The van der Waals surface area contributed by atoms with Crippen LogP contribution in [-0.4, -0.2) is 39.7 Å². The molecule has 3 aromatic heterocycles. The third kappa shape index (κ3) is 4.42. The molecule has 0 radical (unpaired) electrons. The van der Waals surface area contributed by atoms with Crippen LogP contribution in [0.25, 0.3) is 10.2 Å². The third-order valence-corrected chi connectivity index (χ3v) is 7.95. The van der Waals surface area contributed by atoms with E-state index < -0.39 is 0 Å². The van der Waals surface area contributed by atoms with E-state index in [1.807, 2.05) is 0 Å². The Bertz CT molecular complexity index is 1180. The molecule has 0 atom stereocenters. The van der Waals surface area contributed by atoms with Crippen LogP contribution in [-0.2, 0) is 33.6 Å². The summed E-state index contributed by atoms with van der Waals surface area (Å²) in [7, 11) is 1.33. The molecule has 0 unspecified atom stereocenters. The molecule has 1 amide bonds. The fraction of sp³-hybridized carbons (Fsp3) is 0.421. The van der Waals surface area contributed by atoms with E-state index in [9.17, 15) is 14.4 Å². The van der Waals surface area contributed by atoms with Crippen molar-refractivity contribution >= 4 is 61.7 Å². The van der Waals surface area contributed by atoms with Gasteiger partial charge in [-0.15, -0.1) is 22.7 Å². The number of aromatic nitrogens is 3. The number of aryl methyl sites for hydroxylation is 3. The Morgan fingerprint density at radius 2 is 2.03 bits per heavy atom. The number of amides is 1. The van der Waals surface area contributed by atoms with Gasteiger partial charge in [0.25, 0.3) is 5.56 Å². The van der Waals surface area contributed by atoms with E-state index in [1.54, 1.807) is 18.3 Å². The normalized spacial score (nSPS) is 13.3. The molecule has 0 saturated heterocycles. The van der Waals surface area contributed by atoms with Crippen molar-refractivity contribution in [2.24, 2.45) is 0 Å². The first kappa shape index (κ1) is 21.0. The largest absolute Gasteiger partial charge is 0.469 e. The van der Waals surface area contributed by atoms with E-state index in [0.717, 1.165) is 41.0 Å². The van der Waals surface area contributed by atoms with Gasteiger partial charge < -0.3 is 15.0 Å². The van der Waals surface area contributed by atoms with Crippen LogP contribution in [0.15, 0.2) is 9.95 Å². The number of aromatic amines is 1. The molecule has 3 heterocycles. The summed E-state index contributed by atoms with van der Waals surface area (Å²) in [6, 6.07) is 0. The number of nitrogens with zero attached hydrogens (tertiary/aromatic N) is 2. The minimum atomic E-state index is -0.351. The summed E-state index contributed by atoms with van der Waals surface area (Å²) in [6.07, 6.45) is 4.32. The number of ether oxygens (including phenoxy) is 1. The molecule has 0 bridgehead atoms. The van der Waals surface area contributed by atoms with Crippen molar-refractivity contribution in [3.8, 4) is 0 Å². The van der Waals surface area contributed by atoms with Crippen molar-refractivity contribution in [3.05, 3.63) is 31.4 Å². The van der Waals surface area contributed by atoms with Crippen LogP contribution in [0.5, 0.6) is 0 Å². The van der Waals surface area contributed by atoms with Crippen LogP contribution >= 0.6 is 34.4 Å². The number of hydrogen-bond acceptors (Lipinski definition) is 9. The first-order chi connectivity index (χ1) is 14.4. The molecule has 1 aliphatic carbocycles. The molecule has 11 heteroatoms. The minimum absolute atomic E-state index is 0.0878. The lowest BCUT2D eigenvalue weighted by Gasteiger charge is -2.09. The van der Waals surface area contributed by atoms with Crippen LogP contribution in [0.3, 0.4) is 0 Å². The van der Waals surface area contributed by atoms with Crippen LogP contribution in [0.2, 0.25) is 0 Å². The van der Waals surface area contributed by atoms with Crippen molar-refractivity contribution in [2.75, 3.05) is 18.2 Å². The predicted octanol–water partition coefficient (Wildman–Crippen LogP) is 3.07. The van der Waals surface area contributed by atoms with Crippen LogP contribution in [0.1, 0.15) is 33.9 Å². The molecule has 30 heavy (non-hydrogen) atoms. The maximum Gasteiger partial charge on any atom is 0.310 e. The highest BCUT2D eigenvalue weighted by Gasteiger charge is 2.20. The Labute approximate surface area is 184 Å². The molecule has 0 aliphatic heterocycles. The van der Waals surface area contributed by atoms with Gasteiger partial charge in [0, 0.05) is 9.75 Å². The lowest BCUT2D eigenvalue weighted by Crippen LogP contribution is -2.15. The first-order valence-electron chi connectivity index (χ1n) is 9.45. The zero-order valence-corrected chi connectivity index (χ0v) is 18.9. The van der Waals surface area contributed by atoms with E-state index >= 15 is 0 Å². The number of methoxy groups -OCH3 is 1. The number of nitrogens with one attached hydrogen (secondary N) is 2. The first-order valence-corrected chi connectivity index (χ1v) is 12.1. The molecule has 1 aliphatic rings. The number of fused-ring (bicyclic) bond motifs is 3. The molecule has 0 fully saturated rings. The number of carbonyl (C=O) groups excluding carboxylic acids is 2. The quantitative estimate of drug-likeness (QED) is 0.327. The lowest BCUT2D eigenvalue weighted by atomic mass is 9.97. The highest BCUT2D eigenvalue weighted by atomic mass is 32.2. The summed E-state index contributed by atoms with van der Waals surface area (Å²) in [4.78, 5) is 50.7. The number of thiazole rings is 1. The zero-order valence-electron chi connectivity index (χ0n) is 16.5. The van der Waals surface area contributed by atoms with Gasteiger partial charge in [0.15, 0.2) is 10.3 Å². The van der Waals surface area contributed by atoms with E-state index in [2.05, 4.69) is 25.0 Å². The second kappa shape index (κ2) is 8.86. The number of hydrogen-bond donors (Lipinski definition) is 2. The fourth-order valence-corrected chi connectivity index (χ4v) is 6.30. The summed E-state index contributed by atoms with van der Waals surface area (Å²) in [5.74, 6) is -0.521. The van der Waals surface area contributed by atoms with Crippen LogP contribution < -0.4 is 10.9 Å². The summed E-state index contributed by atoms with van der Waals surface area (Å²) in [6.45, 7) is 1.78. The molecular weight excluding hydrogens is 444 g/mol. The predicted molar refractivity (Wildman–Crippen MR) is 119 cm³/mol. The summed E-state index contributed by atoms with van der Waals surface area (Å²) in [5, 5.41) is 4.31. The molecular formula is C19H20N4O4S3. The summed E-state index contributed by atoms with van der Waals surface area (Å²) in [5.41, 5.74) is 1.70. The van der Waals surface area contributed by atoms with Crippen molar-refractivity contribution in [2.45, 2.75) is 44.2 Å². The summed E-state index contributed by atoms with van der Waals surface area (Å²) < 4.78 is 4.67. The molecule has 3 aromatic rings. The van der Waals surface area contributed by atoms with Gasteiger partial charge >= 0.3 is 5.97 Å². The van der Waals surface area contributed by atoms with Gasteiger partial charge in [0.2, 0.25) is 5.91 Å². The highest BCUT2D eigenvalue weighted by molar-refractivity contribution is 7.99. The number of rotatable bonds is 6. The molecule has 8 nitrogen and oxygen atoms in total. The van der Waals surface area contributed by atoms with Crippen molar-refractivity contribution in [1.29, 1.82) is 0 Å². The SMILES string of the molecule is COC(=O)Cc1sc(NC(=O)CSc2nc3sc4c(c3c(=O)[nH]2)CCCC4)nc1C. The molecule has 2 N–H and O–H groups in total. The fourth-order valence-electron chi connectivity index (χ4n) is 3.35. The Balaban J connectivity index is 1.42. The van der Waals surface area contributed by atoms with Crippen molar-refractivity contribution < 1.29 is 14.3 Å². The highest BCUT2D eigenvalue weighted by Crippen LogP contribution is 2.34. The number of H-pyrrole nitrogens is 1. The smallest absolute Gasteiger partial charge is 0.310 e. The standard InChI is InChI=1S/C19H20N4O4S3/c1-9-12(7-14(25)27-2)30-19(20-9)21-13(24)8-28-18-22-16(26)15-10-5-3-4-6-11(10)29-17(15)23-18/h3-8H2,1-2H3,(H,20,21,24)(H,22,23,26). The Kier molecular flexibility index (Phi) is 6.21. The molecule has 0 aromatic carbocycles. The van der Waals surface area contributed by atoms with Crippen molar-refractivity contribution in [1.82, 2.24) is 15.0 Å². The maximum atomic E-state index is 12.6. The average Bonchev–Trinajstić information content (AvgIpc) is 3.26. The van der Waals surface area contributed by atoms with E-state index in [4.69, 9.17) is 0 Å². The Morgan fingerprint density at radius 3 is 2.83 bits per heavy atom. The number of esters is 1. The van der Waals surface area contributed by atoms with E-state index in [1.165, 1.54) is 35.1 Å². The molecule has 0 spiro atoms. The van der Waals surface area contributed by atoms with Gasteiger partial charge in [0.1, 0.15) is 4.83 Å². The summed E-state index contributed by atoms with van der Waals surface area (Å²) >= 11 is 4.01. The molecule has 4 rings (SSSR count). The van der Waals surface area contributed by atoms with Crippen molar-refractivity contribution in [3.63, 3.8) is 0 Å². The monoisotopic (exact) mass is 464 g/mol. The number of thiophene rings is 1. The lowest BCUT2D eigenvalue weighted by molar-refractivity contribution is -0.139. The topological polar surface area (TPSA) is 114 Å². The maximum absolute atomic E-state index is 12.6. The zero-order chi connectivity index (χ0) is 21.3. The van der Waals surface area contributed by atoms with Gasteiger partial charge in [-0.2, -0.15) is 0 Å². The molecule has 158 valence electrons. The second-order valence-corrected chi connectivity index (χ2v) is 10.0. The number of carbonyl (C=O) groups is 2. The van der Waals surface area contributed by atoms with Gasteiger partial charge in [-0.25, -0.2) is 9.97 Å². The second-order valence-electron chi connectivity index (χ2n) is 6.88. The molecule has 0 saturated carbocycles. The van der Waals surface area contributed by atoms with E-state index in [0.29, 0.717) is 21.4 Å². The average molecular weight is 465 g/mol. The van der Waals surface area contributed by atoms with E-state index in [-0.39, 0.29) is 29.6 Å². The van der Waals surface area contributed by atoms with Gasteiger partial charge in [0.05, 0.1) is 30.4 Å². The van der Waals surface area contributed by atoms with Crippen LogP contribution in [0, 0.1) is 6.92 Å². The van der Waals surface area contributed by atoms with Gasteiger partial charge in [-0.3, -0.25) is 14.4 Å². The minimum Gasteiger partial charge on any atom is -0.469 e. The number of thioether (sulfide) groups is 1. The van der Waals surface area contributed by atoms with Gasteiger partial charge in [-0.1, -0.05) is 11.8 Å². The Hall–Kier alpha value is -2.24. The van der Waals surface area contributed by atoms with Gasteiger partial charge in [-0.05, 0) is 38.2 Å². The third-order valence-electron chi connectivity index (χ3n) is 4.81.